The molecule has 4 N–H and O–H groups in total. The summed E-state index contributed by atoms with van der Waals surface area (Å²) in [6, 6.07) is 5.93. The molecule has 2 aliphatic heterocycles. The van der Waals surface area contributed by atoms with Crippen molar-refractivity contribution >= 4 is 39.8 Å². The van der Waals surface area contributed by atoms with Gasteiger partial charge in [0.2, 0.25) is 5.91 Å². The molecule has 0 saturated heterocycles. The third kappa shape index (κ3) is 3.78. The number of nitrogen functional groups attached to an aromatic ring is 1. The van der Waals surface area contributed by atoms with Crippen LogP contribution in [0.1, 0.15) is 30.8 Å². The highest BCUT2D eigenvalue weighted by atomic mass is 16.2. The zero-order valence-electron chi connectivity index (χ0n) is 20.9. The normalized spacial score (nSPS) is 16.4. The van der Waals surface area contributed by atoms with Gasteiger partial charge < -0.3 is 21.3 Å². The largest absolute Gasteiger partial charge is 0.383 e. The fraction of sp³-hybridized carbons (Fsp3) is 0.346. The van der Waals surface area contributed by atoms with Crippen molar-refractivity contribution in [3.8, 4) is 11.3 Å². The molecule has 10 heteroatoms. The van der Waals surface area contributed by atoms with Gasteiger partial charge in [-0.15, -0.1) is 0 Å². The third-order valence-electron chi connectivity index (χ3n) is 7.04. The lowest BCUT2D eigenvalue weighted by Gasteiger charge is -2.18. The summed E-state index contributed by atoms with van der Waals surface area (Å²) in [5.41, 5.74) is 12.3. The van der Waals surface area contributed by atoms with Crippen LogP contribution in [0.3, 0.4) is 0 Å². The van der Waals surface area contributed by atoms with Crippen LogP contribution in [0, 0.1) is 6.92 Å². The van der Waals surface area contributed by atoms with Crippen LogP contribution in [0.4, 0.5) is 23.1 Å². The Balaban J connectivity index is 1.33. The second-order valence-electron chi connectivity index (χ2n) is 10.4. The Morgan fingerprint density at radius 3 is 2.81 bits per heavy atom. The van der Waals surface area contributed by atoms with Gasteiger partial charge in [0.05, 0.1) is 17.1 Å². The van der Waals surface area contributed by atoms with E-state index in [1.807, 2.05) is 31.4 Å². The first-order valence-electron chi connectivity index (χ1n) is 12.1. The van der Waals surface area contributed by atoms with Gasteiger partial charge in [0, 0.05) is 67.1 Å². The molecule has 0 saturated carbocycles. The number of hydrogen-bond donors (Lipinski definition) is 3. The Kier molecular flexibility index (Phi) is 4.89. The van der Waals surface area contributed by atoms with Gasteiger partial charge in [0.1, 0.15) is 18.2 Å². The Morgan fingerprint density at radius 2 is 1.97 bits per heavy atom. The van der Waals surface area contributed by atoms with E-state index < -0.39 is 0 Å². The first kappa shape index (κ1) is 22.3. The average Bonchev–Trinajstić information content (AvgIpc) is 3.32. The molecule has 2 aliphatic rings. The number of nitrogens with zero attached hydrogens (tertiary/aromatic N) is 6. The topological polar surface area (TPSA) is 127 Å². The molecule has 0 fully saturated rings. The van der Waals surface area contributed by atoms with E-state index in [9.17, 15) is 4.79 Å². The van der Waals surface area contributed by atoms with Gasteiger partial charge in [-0.05, 0) is 43.9 Å². The highest BCUT2D eigenvalue weighted by Crippen LogP contribution is 2.38. The Hall–Kier alpha value is -4.21. The van der Waals surface area contributed by atoms with E-state index >= 15 is 0 Å². The van der Waals surface area contributed by atoms with Crippen LogP contribution >= 0.6 is 0 Å². The summed E-state index contributed by atoms with van der Waals surface area (Å²) in [6.45, 7) is 7.37. The van der Waals surface area contributed by atoms with Gasteiger partial charge in [-0.1, -0.05) is 0 Å². The highest BCUT2D eigenvalue weighted by molar-refractivity contribution is 5.95. The highest BCUT2D eigenvalue weighted by Gasteiger charge is 2.30. The zero-order valence-corrected chi connectivity index (χ0v) is 20.9. The first-order valence-corrected chi connectivity index (χ1v) is 12.1. The van der Waals surface area contributed by atoms with Crippen LogP contribution in [0.25, 0.3) is 22.0 Å². The number of nitrogens with two attached hydrogens (primary N) is 1. The van der Waals surface area contributed by atoms with Crippen molar-refractivity contribution in [2.24, 2.45) is 0 Å². The molecule has 0 aromatic carbocycles. The van der Waals surface area contributed by atoms with Crippen molar-refractivity contribution in [2.75, 3.05) is 30.0 Å². The number of likely N-dealkylation sites (N-methyl/N-ethyl adjacent to an activating group) is 1. The number of hydrogen-bond acceptors (Lipinski definition) is 8. The predicted octanol–water partition coefficient (Wildman–Crippen LogP) is 3.28. The maximum absolute atomic E-state index is 12.2. The van der Waals surface area contributed by atoms with Crippen molar-refractivity contribution in [1.29, 1.82) is 0 Å². The fourth-order valence-corrected chi connectivity index (χ4v) is 5.04. The summed E-state index contributed by atoms with van der Waals surface area (Å²) in [6.07, 6.45) is 5.26. The molecule has 0 atom stereocenters. The van der Waals surface area contributed by atoms with E-state index in [1.165, 1.54) is 0 Å². The summed E-state index contributed by atoms with van der Waals surface area (Å²) in [4.78, 5) is 27.8. The second kappa shape index (κ2) is 7.91. The summed E-state index contributed by atoms with van der Waals surface area (Å²) < 4.78 is 1.76. The molecular weight excluding hydrogens is 454 g/mol. The molecule has 6 rings (SSSR count). The molecule has 4 aromatic heterocycles. The number of carbonyl (C=O) groups excluding carboxylic acids is 1. The Bertz CT molecular complexity index is 1540. The minimum Gasteiger partial charge on any atom is -0.383 e. The number of carbonyl (C=O) groups is 1. The van der Waals surface area contributed by atoms with Gasteiger partial charge >= 0.3 is 0 Å². The first-order chi connectivity index (χ1) is 17.2. The lowest BCUT2D eigenvalue weighted by Crippen LogP contribution is -2.29. The van der Waals surface area contributed by atoms with Crippen LogP contribution in [-0.4, -0.2) is 54.7 Å². The number of fused-ring (bicyclic) bond motifs is 3. The van der Waals surface area contributed by atoms with E-state index in [2.05, 4.69) is 46.5 Å². The van der Waals surface area contributed by atoms with Gasteiger partial charge in [-0.3, -0.25) is 14.5 Å². The van der Waals surface area contributed by atoms with E-state index in [-0.39, 0.29) is 18.0 Å². The average molecular weight is 484 g/mol. The van der Waals surface area contributed by atoms with Crippen molar-refractivity contribution in [3.05, 3.63) is 47.5 Å². The van der Waals surface area contributed by atoms with Crippen LogP contribution in [-0.2, 0) is 24.2 Å². The zero-order chi connectivity index (χ0) is 25.2. The van der Waals surface area contributed by atoms with Crippen LogP contribution in [0.2, 0.25) is 0 Å². The summed E-state index contributed by atoms with van der Waals surface area (Å²) in [5.74, 6) is 1.77. The maximum atomic E-state index is 12.2. The molecule has 1 amide bonds. The Labute approximate surface area is 208 Å². The van der Waals surface area contributed by atoms with Crippen LogP contribution in [0.5, 0.6) is 0 Å². The lowest BCUT2D eigenvalue weighted by molar-refractivity contribution is -0.130. The molecule has 184 valence electrons. The quantitative estimate of drug-likeness (QED) is 0.405. The lowest BCUT2D eigenvalue weighted by atomic mass is 10.0. The smallest absolute Gasteiger partial charge is 0.244 e. The van der Waals surface area contributed by atoms with Crippen molar-refractivity contribution in [3.63, 3.8) is 0 Å². The fourth-order valence-electron chi connectivity index (χ4n) is 5.04. The molecule has 0 unspecified atom stereocenters. The van der Waals surface area contributed by atoms with Crippen molar-refractivity contribution < 1.29 is 4.79 Å². The maximum Gasteiger partial charge on any atom is 0.244 e. The molecule has 0 spiro atoms. The van der Waals surface area contributed by atoms with Gasteiger partial charge in [0.25, 0.3) is 0 Å². The minimum atomic E-state index is -0.0184. The standard InChI is InChI=1S/C26H29N9O/c1-14-17(11-28-20-10-26(2,3)32-24(14)20)19-7-15-8-21(29-12-18(15)25(27)30-19)31-22-9-16-5-6-34(4)23(36)13-35(16)33-22/h7-9,11-12,32H,5-6,10,13H2,1-4H3,(H2,27,30)(H,29,31,33). The summed E-state index contributed by atoms with van der Waals surface area (Å²) in [7, 11) is 1.82. The summed E-state index contributed by atoms with van der Waals surface area (Å²) in [5, 5.41) is 13.2. The van der Waals surface area contributed by atoms with Gasteiger partial charge in [-0.25, -0.2) is 9.97 Å². The van der Waals surface area contributed by atoms with Crippen molar-refractivity contribution in [1.82, 2.24) is 29.6 Å². The van der Waals surface area contributed by atoms with E-state index in [1.54, 1.807) is 15.8 Å². The van der Waals surface area contributed by atoms with E-state index in [0.29, 0.717) is 24.0 Å². The molecule has 6 heterocycles. The number of rotatable bonds is 3. The molecular formula is C26H29N9O. The number of aromatic nitrogens is 5. The Morgan fingerprint density at radius 1 is 1.14 bits per heavy atom. The van der Waals surface area contributed by atoms with Gasteiger partial charge in [0.15, 0.2) is 5.82 Å². The predicted molar refractivity (Wildman–Crippen MR) is 140 cm³/mol. The number of nitrogens with one attached hydrogen (secondary N) is 2. The van der Waals surface area contributed by atoms with Gasteiger partial charge in [-0.2, -0.15) is 5.10 Å². The number of anilines is 4. The number of pyridine rings is 3. The SMILES string of the molecule is Cc1c(-c2cc3cc(Nc4cc5n(n4)CC(=O)N(C)CC5)ncc3c(N)n2)cnc2c1NC(C)(C)C2. The molecule has 0 bridgehead atoms. The minimum absolute atomic E-state index is 0.0184. The van der Waals surface area contributed by atoms with Crippen LogP contribution in [0.15, 0.2) is 30.6 Å². The molecule has 4 aromatic rings. The molecule has 36 heavy (non-hydrogen) atoms. The summed E-state index contributed by atoms with van der Waals surface area (Å²) >= 11 is 0. The molecule has 0 aliphatic carbocycles. The number of amides is 1. The second-order valence-corrected chi connectivity index (χ2v) is 10.4. The van der Waals surface area contributed by atoms with Crippen molar-refractivity contribution in [2.45, 2.75) is 45.7 Å². The monoisotopic (exact) mass is 483 g/mol. The third-order valence-corrected chi connectivity index (χ3v) is 7.04. The molecule has 10 nitrogen and oxygen atoms in total. The molecule has 0 radical (unpaired) electrons. The van der Waals surface area contributed by atoms with E-state index in [4.69, 9.17) is 10.7 Å². The van der Waals surface area contributed by atoms with Crippen LogP contribution < -0.4 is 16.4 Å². The van der Waals surface area contributed by atoms with E-state index in [0.717, 1.165) is 57.5 Å².